The second-order valence-electron chi connectivity index (χ2n) is 6.77. The number of pyridine rings is 1. The van der Waals surface area contributed by atoms with E-state index in [1.165, 1.54) is 30.9 Å². The molecule has 0 atom stereocenters. The van der Waals surface area contributed by atoms with E-state index in [-0.39, 0.29) is 34.7 Å². The van der Waals surface area contributed by atoms with Gasteiger partial charge in [-0.2, -0.15) is 14.7 Å². The molecular weight excluding hydrogens is 406 g/mol. The number of halogens is 2. The summed E-state index contributed by atoms with van der Waals surface area (Å²) in [5.74, 6) is -1.16. The van der Waals surface area contributed by atoms with Gasteiger partial charge in [0.1, 0.15) is 17.3 Å². The van der Waals surface area contributed by atoms with E-state index in [9.17, 15) is 13.6 Å². The van der Waals surface area contributed by atoms with Gasteiger partial charge >= 0.3 is 6.03 Å². The molecule has 3 heterocycles. The number of amides is 2. The highest BCUT2D eigenvalue weighted by Crippen LogP contribution is 2.24. The van der Waals surface area contributed by atoms with Crippen molar-refractivity contribution in [2.45, 2.75) is 13.3 Å². The topological polar surface area (TPSA) is 101 Å². The van der Waals surface area contributed by atoms with E-state index in [1.807, 2.05) is 0 Å². The Bertz CT molecular complexity index is 1330. The molecule has 1 aromatic carbocycles. The summed E-state index contributed by atoms with van der Waals surface area (Å²) >= 11 is 0. The molecule has 0 aliphatic heterocycles. The number of nitrogens with zero attached hydrogens (tertiary/aromatic N) is 7. The third-order valence-electron chi connectivity index (χ3n) is 4.73. The van der Waals surface area contributed by atoms with Crippen molar-refractivity contribution >= 4 is 28.3 Å². The second-order valence-corrected chi connectivity index (χ2v) is 6.77. The summed E-state index contributed by atoms with van der Waals surface area (Å²) < 4.78 is 31.0. The molecule has 4 aromatic rings. The highest BCUT2D eigenvalue weighted by molar-refractivity contribution is 5.97. The maximum atomic E-state index is 15.0. The van der Waals surface area contributed by atoms with Crippen LogP contribution in [0.2, 0.25) is 0 Å². The number of aromatic nitrogens is 5. The van der Waals surface area contributed by atoms with Crippen LogP contribution in [0, 0.1) is 11.6 Å². The first-order valence-corrected chi connectivity index (χ1v) is 9.33. The minimum atomic E-state index is -0.721. The largest absolute Gasteiger partial charge is 0.340 e. The average Bonchev–Trinajstić information content (AvgIpc) is 3.17. The van der Waals surface area contributed by atoms with Gasteiger partial charge in [0.15, 0.2) is 11.5 Å². The highest BCUT2D eigenvalue weighted by atomic mass is 19.1. The van der Waals surface area contributed by atoms with Crippen molar-refractivity contribution in [2.24, 2.45) is 5.10 Å². The highest BCUT2D eigenvalue weighted by Gasteiger charge is 2.18. The van der Waals surface area contributed by atoms with Crippen LogP contribution in [0.15, 0.2) is 41.6 Å². The van der Waals surface area contributed by atoms with E-state index in [2.05, 4.69) is 30.7 Å². The van der Waals surface area contributed by atoms with Crippen LogP contribution in [-0.4, -0.2) is 55.6 Å². The molecule has 1 N–H and O–H groups in total. The first kappa shape index (κ1) is 20.3. The number of hydrazone groups is 1. The number of hydrogen-bond donors (Lipinski definition) is 1. The number of fused-ring (bicyclic) bond motifs is 2. The first-order valence-electron chi connectivity index (χ1n) is 9.33. The summed E-state index contributed by atoms with van der Waals surface area (Å²) in [7, 11) is 3.00. The summed E-state index contributed by atoms with van der Waals surface area (Å²) in [4.78, 5) is 15.6. The van der Waals surface area contributed by atoms with Gasteiger partial charge in [-0.3, -0.25) is 4.98 Å². The molecule has 158 valence electrons. The molecule has 2 amide bonds. The number of hydrogen-bond acceptors (Lipinski definition) is 6. The van der Waals surface area contributed by atoms with Gasteiger partial charge in [0.2, 0.25) is 0 Å². The molecule has 4 rings (SSSR count). The first-order chi connectivity index (χ1) is 14.9. The van der Waals surface area contributed by atoms with Crippen molar-refractivity contribution in [2.75, 3.05) is 14.1 Å². The quantitative estimate of drug-likeness (QED) is 0.401. The lowest BCUT2D eigenvalue weighted by molar-refractivity contribution is 0.213. The molecule has 0 unspecified atom stereocenters. The molecule has 31 heavy (non-hydrogen) atoms. The van der Waals surface area contributed by atoms with E-state index in [4.69, 9.17) is 0 Å². The smallest absolute Gasteiger partial charge is 0.337 e. The molecule has 0 aliphatic carbocycles. The zero-order valence-electron chi connectivity index (χ0n) is 17.0. The molecular formula is C20H18F2N8O. The molecule has 9 nitrogen and oxygen atoms in total. The fraction of sp³-hybridized carbons (Fsp3) is 0.200. The predicted molar refractivity (Wildman–Crippen MR) is 110 cm³/mol. The summed E-state index contributed by atoms with van der Waals surface area (Å²) in [6.07, 6.45) is 1.32. The Hall–Kier alpha value is -4.02. The molecule has 0 radical (unpaired) electrons. The van der Waals surface area contributed by atoms with E-state index >= 15 is 0 Å². The van der Waals surface area contributed by atoms with Crippen molar-refractivity contribution in [3.8, 4) is 0 Å². The Morgan fingerprint density at radius 2 is 2.06 bits per heavy atom. The molecule has 0 spiro atoms. The maximum absolute atomic E-state index is 15.0. The molecule has 0 bridgehead atoms. The van der Waals surface area contributed by atoms with Crippen molar-refractivity contribution < 1.29 is 13.6 Å². The predicted octanol–water partition coefficient (Wildman–Crippen LogP) is 2.54. The molecule has 0 saturated heterocycles. The average molecular weight is 424 g/mol. The van der Waals surface area contributed by atoms with Crippen LogP contribution < -0.4 is 5.32 Å². The van der Waals surface area contributed by atoms with Crippen LogP contribution in [0.3, 0.4) is 0 Å². The van der Waals surface area contributed by atoms with Crippen molar-refractivity contribution in [3.05, 3.63) is 65.2 Å². The maximum Gasteiger partial charge on any atom is 0.337 e. The fourth-order valence-electron chi connectivity index (χ4n) is 3.13. The normalized spacial score (nSPS) is 11.8. The van der Waals surface area contributed by atoms with E-state index in [1.54, 1.807) is 31.2 Å². The fourth-order valence-corrected chi connectivity index (χ4v) is 3.13. The van der Waals surface area contributed by atoms with Crippen molar-refractivity contribution in [1.29, 1.82) is 0 Å². The lowest BCUT2D eigenvalue weighted by atomic mass is 10.1. The Morgan fingerprint density at radius 3 is 2.84 bits per heavy atom. The molecule has 0 fully saturated rings. The van der Waals surface area contributed by atoms with Crippen LogP contribution >= 0.6 is 0 Å². The van der Waals surface area contributed by atoms with Crippen molar-refractivity contribution in [3.63, 3.8) is 0 Å². The number of carbonyl (C=O) groups excluding carboxylic acids is 1. The molecule has 0 saturated carbocycles. The molecule has 0 aliphatic rings. The number of rotatable bonds is 4. The van der Waals surface area contributed by atoms with E-state index in [0.717, 1.165) is 5.01 Å². The number of urea groups is 1. The van der Waals surface area contributed by atoms with Crippen LogP contribution in [0.25, 0.3) is 16.6 Å². The van der Waals surface area contributed by atoms with Gasteiger partial charge in [-0.05, 0) is 31.2 Å². The van der Waals surface area contributed by atoms with Crippen LogP contribution in [0.1, 0.15) is 24.0 Å². The van der Waals surface area contributed by atoms with Gasteiger partial charge in [0, 0.05) is 43.7 Å². The monoisotopic (exact) mass is 424 g/mol. The number of benzene rings is 1. The third kappa shape index (κ3) is 3.77. The second kappa shape index (κ2) is 8.01. The van der Waals surface area contributed by atoms with E-state index in [0.29, 0.717) is 17.1 Å². The zero-order valence-corrected chi connectivity index (χ0v) is 17.0. The Morgan fingerprint density at radius 1 is 1.26 bits per heavy atom. The lowest BCUT2D eigenvalue weighted by Gasteiger charge is -2.11. The summed E-state index contributed by atoms with van der Waals surface area (Å²) in [5, 5.41) is 20.5. The molecule has 3 aromatic heterocycles. The van der Waals surface area contributed by atoms with Gasteiger partial charge in [0.25, 0.3) is 0 Å². The molecule has 11 heteroatoms. The SMILES string of the molecule is CNC(=O)N(C)/N=C(/C)c1ccc2nnc(Cc3c(F)cc4ncccc4c3F)n2n1. The number of carbonyl (C=O) groups is 1. The minimum Gasteiger partial charge on any atom is -0.340 e. The summed E-state index contributed by atoms with van der Waals surface area (Å²) in [6, 6.07) is 7.28. The van der Waals surface area contributed by atoms with Crippen LogP contribution in [0.5, 0.6) is 0 Å². The van der Waals surface area contributed by atoms with Gasteiger partial charge in [-0.25, -0.2) is 18.6 Å². The Balaban J connectivity index is 1.73. The van der Waals surface area contributed by atoms with Gasteiger partial charge in [-0.15, -0.1) is 10.2 Å². The van der Waals surface area contributed by atoms with Gasteiger partial charge in [0.05, 0.1) is 11.2 Å². The van der Waals surface area contributed by atoms with Crippen molar-refractivity contribution in [1.82, 2.24) is 35.1 Å². The van der Waals surface area contributed by atoms with Crippen LogP contribution in [0.4, 0.5) is 13.6 Å². The van der Waals surface area contributed by atoms with E-state index < -0.39 is 11.6 Å². The minimum absolute atomic E-state index is 0.147. The van der Waals surface area contributed by atoms with Crippen LogP contribution in [-0.2, 0) is 6.42 Å². The lowest BCUT2D eigenvalue weighted by Crippen LogP contribution is -2.31. The Kier molecular flexibility index (Phi) is 5.24. The van der Waals surface area contributed by atoms with Gasteiger partial charge in [-0.1, -0.05) is 0 Å². The third-order valence-corrected chi connectivity index (χ3v) is 4.73. The van der Waals surface area contributed by atoms with Gasteiger partial charge < -0.3 is 5.32 Å². The number of nitrogens with one attached hydrogen (secondary N) is 1. The Labute approximate surface area is 175 Å². The standard InChI is InChI=1S/C20H18F2N8O/c1-11(27-29(3)20(31)23-2)15-6-7-17-25-26-18(30(17)28-15)9-13-14(21)10-16-12(19(13)22)5-4-8-24-16/h4-8,10H,9H2,1-3H3,(H,23,31)/b27-11-. The zero-order chi connectivity index (χ0) is 22.1. The summed E-state index contributed by atoms with van der Waals surface area (Å²) in [5.41, 5.74) is 1.41. The summed E-state index contributed by atoms with van der Waals surface area (Å²) in [6.45, 7) is 1.69.